The van der Waals surface area contributed by atoms with E-state index in [-0.39, 0.29) is 18.0 Å². The Bertz CT molecular complexity index is 833. The molecule has 0 aliphatic heterocycles. The van der Waals surface area contributed by atoms with E-state index < -0.39 is 6.03 Å². The molecule has 8 heteroatoms. The Morgan fingerprint density at radius 2 is 1.96 bits per heavy atom. The van der Waals surface area contributed by atoms with Crippen LogP contribution in [0.5, 0.6) is 0 Å². The Balaban J connectivity index is 2.06. The molecule has 3 amide bonds. The topological polar surface area (TPSA) is 108 Å². The van der Waals surface area contributed by atoms with E-state index in [1.807, 2.05) is 13.0 Å². The number of rotatable bonds is 9. The highest BCUT2D eigenvalue weighted by Crippen LogP contribution is 2.04. The fourth-order valence-corrected chi connectivity index (χ4v) is 2.80. The van der Waals surface area contributed by atoms with E-state index in [9.17, 15) is 14.4 Å². The van der Waals surface area contributed by atoms with Gasteiger partial charge in [-0.1, -0.05) is 32.4 Å². The van der Waals surface area contributed by atoms with Crippen molar-refractivity contribution >= 4 is 22.8 Å². The molecule has 27 heavy (non-hydrogen) atoms. The summed E-state index contributed by atoms with van der Waals surface area (Å²) in [6, 6.07) is 6.68. The molecule has 146 valence electrons. The fraction of sp³-hybridized carbons (Fsp3) is 0.474. The fourth-order valence-electron chi connectivity index (χ4n) is 2.80. The minimum absolute atomic E-state index is 0.135. The molecular weight excluding hydrogens is 346 g/mol. The zero-order chi connectivity index (χ0) is 19.6. The third-order valence-corrected chi connectivity index (χ3v) is 4.16. The zero-order valence-corrected chi connectivity index (χ0v) is 15.9. The van der Waals surface area contributed by atoms with E-state index in [1.54, 1.807) is 18.2 Å². The predicted molar refractivity (Wildman–Crippen MR) is 104 cm³/mol. The third kappa shape index (κ3) is 6.49. The van der Waals surface area contributed by atoms with Crippen molar-refractivity contribution in [2.24, 2.45) is 0 Å². The molecule has 1 aromatic carbocycles. The number of nitrogens with zero attached hydrogens (tertiary/aromatic N) is 1. The highest BCUT2D eigenvalue weighted by atomic mass is 16.2. The first-order valence-electron chi connectivity index (χ1n) is 9.42. The lowest BCUT2D eigenvalue weighted by Gasteiger charge is -2.18. The second-order valence-corrected chi connectivity index (χ2v) is 6.54. The summed E-state index contributed by atoms with van der Waals surface area (Å²) in [6.45, 7) is 5.83. The van der Waals surface area contributed by atoms with Gasteiger partial charge in [-0.15, -0.1) is 0 Å². The summed E-state index contributed by atoms with van der Waals surface area (Å²) in [7, 11) is 0. The Morgan fingerprint density at radius 1 is 1.19 bits per heavy atom. The summed E-state index contributed by atoms with van der Waals surface area (Å²) in [5, 5.41) is 5.51. The number of aromatic amines is 1. The van der Waals surface area contributed by atoms with Gasteiger partial charge < -0.3 is 15.2 Å². The first-order chi connectivity index (χ1) is 13.0. The average Bonchev–Trinajstić information content (AvgIpc) is 2.64. The molecule has 0 bridgehead atoms. The number of nitrogens with one attached hydrogen (secondary N) is 4. The lowest BCUT2D eigenvalue weighted by Crippen LogP contribution is -3.12. The first kappa shape index (κ1) is 20.6. The predicted octanol–water partition coefficient (Wildman–Crippen LogP) is 0.344. The first-order valence-corrected chi connectivity index (χ1v) is 9.42. The molecule has 0 fully saturated rings. The minimum Gasteiger partial charge on any atom is -0.338 e. The number of hydrogen-bond acceptors (Lipinski definition) is 4. The largest absolute Gasteiger partial charge is 0.338 e. The molecule has 0 aliphatic rings. The molecule has 0 radical (unpaired) electrons. The molecule has 0 aliphatic carbocycles. The number of hydrogen-bond donors (Lipinski definition) is 4. The summed E-state index contributed by atoms with van der Waals surface area (Å²) in [5.41, 5.74) is 0.448. The van der Waals surface area contributed by atoms with Gasteiger partial charge in [-0.2, -0.15) is 0 Å². The van der Waals surface area contributed by atoms with Crippen molar-refractivity contribution < 1.29 is 14.5 Å². The number of amides is 3. The van der Waals surface area contributed by atoms with Crippen molar-refractivity contribution in [1.29, 1.82) is 0 Å². The molecule has 1 aromatic heterocycles. The lowest BCUT2D eigenvalue weighted by atomic mass is 10.2. The van der Waals surface area contributed by atoms with Gasteiger partial charge in [0, 0.05) is 6.54 Å². The summed E-state index contributed by atoms with van der Waals surface area (Å²) in [6.07, 6.45) is 2.72. The number of para-hydroxylation sites is 1. The van der Waals surface area contributed by atoms with E-state index >= 15 is 0 Å². The quantitative estimate of drug-likeness (QED) is 0.508. The van der Waals surface area contributed by atoms with Crippen LogP contribution in [-0.4, -0.2) is 41.5 Å². The van der Waals surface area contributed by atoms with Crippen LogP contribution in [0.1, 0.15) is 38.9 Å². The molecule has 4 N–H and O–H groups in total. The molecule has 2 rings (SSSR count). The van der Waals surface area contributed by atoms with Crippen LogP contribution >= 0.6 is 0 Å². The van der Waals surface area contributed by atoms with Crippen LogP contribution in [0.2, 0.25) is 0 Å². The average molecular weight is 374 g/mol. The molecule has 2 aromatic rings. The van der Waals surface area contributed by atoms with Crippen molar-refractivity contribution in [3.05, 3.63) is 40.4 Å². The van der Waals surface area contributed by atoms with Crippen molar-refractivity contribution in [2.75, 3.05) is 19.6 Å². The lowest BCUT2D eigenvalue weighted by molar-refractivity contribution is -0.906. The highest BCUT2D eigenvalue weighted by molar-refractivity contribution is 5.94. The summed E-state index contributed by atoms with van der Waals surface area (Å²) >= 11 is 0. The third-order valence-electron chi connectivity index (χ3n) is 4.16. The molecule has 1 unspecified atom stereocenters. The number of fused-ring (bicyclic) bond motifs is 1. The molecule has 0 saturated heterocycles. The van der Waals surface area contributed by atoms with Crippen LogP contribution in [0.25, 0.3) is 10.9 Å². The Hall–Kier alpha value is -2.74. The van der Waals surface area contributed by atoms with Gasteiger partial charge in [0.25, 0.3) is 11.5 Å². The van der Waals surface area contributed by atoms with Crippen molar-refractivity contribution in [3.63, 3.8) is 0 Å². The number of H-pyrrole nitrogens is 1. The number of quaternary nitrogens is 1. The van der Waals surface area contributed by atoms with E-state index in [0.717, 1.165) is 30.7 Å². The number of aromatic nitrogens is 2. The van der Waals surface area contributed by atoms with Crippen molar-refractivity contribution in [2.45, 2.75) is 39.7 Å². The van der Waals surface area contributed by atoms with E-state index in [1.165, 1.54) is 0 Å². The maximum atomic E-state index is 12.2. The van der Waals surface area contributed by atoms with Gasteiger partial charge in [0.05, 0.1) is 17.4 Å². The maximum Gasteiger partial charge on any atom is 0.321 e. The van der Waals surface area contributed by atoms with Crippen LogP contribution in [0, 0.1) is 0 Å². The SMILES string of the molecule is CCCC[NH+](CC(=O)NC(=O)NCCC)Cc1nc2ccccc2c(=O)[nH]1. The van der Waals surface area contributed by atoms with Crippen LogP contribution in [-0.2, 0) is 11.3 Å². The van der Waals surface area contributed by atoms with E-state index in [0.29, 0.717) is 29.8 Å². The van der Waals surface area contributed by atoms with Gasteiger partial charge in [-0.25, -0.2) is 9.78 Å². The summed E-state index contributed by atoms with van der Waals surface area (Å²) < 4.78 is 0. The van der Waals surface area contributed by atoms with Crippen LogP contribution in [0.4, 0.5) is 4.79 Å². The van der Waals surface area contributed by atoms with Gasteiger partial charge >= 0.3 is 6.03 Å². The second-order valence-electron chi connectivity index (χ2n) is 6.54. The van der Waals surface area contributed by atoms with Crippen LogP contribution in [0.15, 0.2) is 29.1 Å². The summed E-state index contributed by atoms with van der Waals surface area (Å²) in [4.78, 5) is 44.3. The number of carbonyl (C=O) groups excluding carboxylic acids is 2. The number of imide groups is 1. The Labute approximate surface area is 158 Å². The number of carbonyl (C=O) groups is 2. The van der Waals surface area contributed by atoms with Gasteiger partial charge in [0.2, 0.25) is 0 Å². The Kier molecular flexibility index (Phi) is 7.94. The van der Waals surface area contributed by atoms with Gasteiger partial charge in [0.1, 0.15) is 6.54 Å². The van der Waals surface area contributed by atoms with E-state index in [4.69, 9.17) is 0 Å². The number of urea groups is 1. The van der Waals surface area contributed by atoms with Gasteiger partial charge in [-0.05, 0) is 25.0 Å². The van der Waals surface area contributed by atoms with Crippen molar-refractivity contribution in [1.82, 2.24) is 20.6 Å². The zero-order valence-electron chi connectivity index (χ0n) is 15.9. The smallest absolute Gasteiger partial charge is 0.321 e. The Morgan fingerprint density at radius 3 is 2.70 bits per heavy atom. The van der Waals surface area contributed by atoms with Crippen LogP contribution < -0.4 is 21.1 Å². The molecule has 0 spiro atoms. The molecular formula is C19H28N5O3+. The van der Waals surface area contributed by atoms with Gasteiger partial charge in [0.15, 0.2) is 12.4 Å². The number of benzene rings is 1. The molecule has 1 heterocycles. The summed E-state index contributed by atoms with van der Waals surface area (Å²) in [5.74, 6) is 0.186. The number of unbranched alkanes of at least 4 members (excludes halogenated alkanes) is 1. The molecule has 1 atom stereocenters. The van der Waals surface area contributed by atoms with Crippen LogP contribution in [0.3, 0.4) is 0 Å². The molecule has 0 saturated carbocycles. The molecule has 8 nitrogen and oxygen atoms in total. The van der Waals surface area contributed by atoms with Gasteiger partial charge in [-0.3, -0.25) is 14.9 Å². The van der Waals surface area contributed by atoms with E-state index in [2.05, 4.69) is 27.5 Å². The highest BCUT2D eigenvalue weighted by Gasteiger charge is 2.18. The second kappa shape index (κ2) is 10.4. The maximum absolute atomic E-state index is 12.2. The standard InChI is InChI=1S/C19H27N5O3/c1-3-5-11-24(13-17(25)23-19(27)20-10-4-2)12-16-21-15-9-7-6-8-14(15)18(26)22-16/h6-9H,3-5,10-13H2,1-2H3,(H,21,22,26)(H2,20,23,25,27)/p+1. The normalized spacial score (nSPS) is 11.9. The van der Waals surface area contributed by atoms with Crippen molar-refractivity contribution in [3.8, 4) is 0 Å². The monoisotopic (exact) mass is 374 g/mol. The minimum atomic E-state index is -0.478.